The van der Waals surface area contributed by atoms with Crippen LogP contribution in [-0.4, -0.2) is 9.13 Å². The standard InChI is InChI=1S/C20H21N3/c1-12-8-7-9-13(2)19(12)23-14(3)18(21)17-15-10-5-6-11-16(15)22(4)20(17)23/h5-11H,21H2,1-4H3. The second-order valence-corrected chi connectivity index (χ2v) is 6.35. The van der Waals surface area contributed by atoms with Crippen LogP contribution in [0.25, 0.3) is 27.6 Å². The van der Waals surface area contributed by atoms with Gasteiger partial charge >= 0.3 is 0 Å². The van der Waals surface area contributed by atoms with Gasteiger partial charge in [0.2, 0.25) is 0 Å². The van der Waals surface area contributed by atoms with Crippen molar-refractivity contribution >= 4 is 27.6 Å². The molecule has 4 rings (SSSR count). The first-order chi connectivity index (χ1) is 11.0. The van der Waals surface area contributed by atoms with E-state index in [1.165, 1.54) is 33.4 Å². The number of anilines is 1. The number of fused-ring (bicyclic) bond motifs is 3. The highest BCUT2D eigenvalue weighted by Gasteiger charge is 2.21. The number of rotatable bonds is 1. The fraction of sp³-hybridized carbons (Fsp3) is 0.200. The monoisotopic (exact) mass is 303 g/mol. The zero-order chi connectivity index (χ0) is 16.3. The predicted octanol–water partition coefficient (Wildman–Crippen LogP) is 4.63. The molecular formula is C20H21N3. The van der Waals surface area contributed by atoms with Gasteiger partial charge in [-0.1, -0.05) is 36.4 Å². The molecule has 2 aromatic carbocycles. The molecule has 0 bridgehead atoms. The Balaban J connectivity index is 2.27. The summed E-state index contributed by atoms with van der Waals surface area (Å²) in [6.45, 7) is 6.43. The molecule has 0 atom stereocenters. The average molecular weight is 303 g/mol. The zero-order valence-corrected chi connectivity index (χ0v) is 14.0. The Labute approximate surface area is 135 Å². The number of hydrogen-bond acceptors (Lipinski definition) is 1. The van der Waals surface area contributed by atoms with Crippen molar-refractivity contribution in [2.45, 2.75) is 20.8 Å². The normalized spacial score (nSPS) is 11.7. The maximum Gasteiger partial charge on any atom is 0.127 e. The van der Waals surface area contributed by atoms with Crippen molar-refractivity contribution < 1.29 is 0 Å². The van der Waals surface area contributed by atoms with Crippen molar-refractivity contribution in [1.82, 2.24) is 9.13 Å². The lowest BCUT2D eigenvalue weighted by molar-refractivity contribution is 0.922. The van der Waals surface area contributed by atoms with Crippen LogP contribution in [0.1, 0.15) is 16.8 Å². The summed E-state index contributed by atoms with van der Waals surface area (Å²) in [4.78, 5) is 0. The number of nitrogen functional groups attached to an aromatic ring is 1. The van der Waals surface area contributed by atoms with E-state index >= 15 is 0 Å². The predicted molar refractivity (Wildman–Crippen MR) is 98.4 cm³/mol. The van der Waals surface area contributed by atoms with Crippen molar-refractivity contribution in [3.63, 3.8) is 0 Å². The Kier molecular flexibility index (Phi) is 2.82. The minimum atomic E-state index is 0.874. The number of nitrogens with zero attached hydrogens (tertiary/aromatic N) is 2. The Hall–Kier alpha value is -2.68. The van der Waals surface area contributed by atoms with E-state index in [-0.39, 0.29) is 0 Å². The Morgan fingerprint density at radius 1 is 0.870 bits per heavy atom. The summed E-state index contributed by atoms with van der Waals surface area (Å²) in [5.74, 6) is 0. The molecule has 2 heterocycles. The molecule has 0 fully saturated rings. The highest BCUT2D eigenvalue weighted by molar-refractivity contribution is 6.14. The van der Waals surface area contributed by atoms with E-state index in [0.29, 0.717) is 0 Å². The molecule has 0 unspecified atom stereocenters. The van der Waals surface area contributed by atoms with Gasteiger partial charge in [0.1, 0.15) is 5.65 Å². The molecule has 116 valence electrons. The average Bonchev–Trinajstić information content (AvgIpc) is 2.96. The van der Waals surface area contributed by atoms with Crippen LogP contribution in [0.5, 0.6) is 0 Å². The summed E-state index contributed by atoms with van der Waals surface area (Å²) in [7, 11) is 2.12. The van der Waals surface area contributed by atoms with Gasteiger partial charge in [0.25, 0.3) is 0 Å². The van der Waals surface area contributed by atoms with Crippen LogP contribution in [0, 0.1) is 20.8 Å². The molecule has 3 heteroatoms. The minimum absolute atomic E-state index is 0.874. The molecule has 0 aliphatic carbocycles. The van der Waals surface area contributed by atoms with Crippen molar-refractivity contribution in [2.24, 2.45) is 7.05 Å². The third-order valence-corrected chi connectivity index (χ3v) is 4.95. The third-order valence-electron chi connectivity index (χ3n) is 4.95. The van der Waals surface area contributed by atoms with Gasteiger partial charge < -0.3 is 10.3 Å². The number of aryl methyl sites for hydroxylation is 3. The molecule has 0 aliphatic rings. The molecule has 3 nitrogen and oxygen atoms in total. The van der Waals surface area contributed by atoms with Crippen LogP contribution < -0.4 is 5.73 Å². The molecule has 0 saturated carbocycles. The van der Waals surface area contributed by atoms with Crippen LogP contribution in [-0.2, 0) is 7.05 Å². The Morgan fingerprint density at radius 2 is 1.52 bits per heavy atom. The van der Waals surface area contributed by atoms with Gasteiger partial charge in [-0.25, -0.2) is 0 Å². The van der Waals surface area contributed by atoms with Crippen molar-refractivity contribution in [3.05, 3.63) is 59.3 Å². The van der Waals surface area contributed by atoms with Crippen LogP contribution in [0.15, 0.2) is 42.5 Å². The molecule has 2 aromatic heterocycles. The zero-order valence-electron chi connectivity index (χ0n) is 14.0. The number of aromatic nitrogens is 2. The quantitative estimate of drug-likeness (QED) is 0.547. The Morgan fingerprint density at radius 3 is 2.22 bits per heavy atom. The van der Waals surface area contributed by atoms with Gasteiger partial charge in [-0.2, -0.15) is 0 Å². The molecule has 0 aliphatic heterocycles. The Bertz CT molecular complexity index is 1040. The summed E-state index contributed by atoms with van der Waals surface area (Å²) in [6, 6.07) is 14.9. The summed E-state index contributed by atoms with van der Waals surface area (Å²) in [6.07, 6.45) is 0. The van der Waals surface area contributed by atoms with Gasteiger partial charge in [0.15, 0.2) is 0 Å². The van der Waals surface area contributed by atoms with E-state index in [0.717, 1.165) is 16.8 Å². The summed E-state index contributed by atoms with van der Waals surface area (Å²) in [5.41, 5.74) is 14.6. The van der Waals surface area contributed by atoms with E-state index < -0.39 is 0 Å². The van der Waals surface area contributed by atoms with E-state index in [4.69, 9.17) is 5.73 Å². The van der Waals surface area contributed by atoms with E-state index in [2.05, 4.69) is 79.4 Å². The van der Waals surface area contributed by atoms with E-state index in [9.17, 15) is 0 Å². The first-order valence-electron chi connectivity index (χ1n) is 7.93. The number of hydrogen-bond donors (Lipinski definition) is 1. The molecule has 0 radical (unpaired) electrons. The topological polar surface area (TPSA) is 35.9 Å². The van der Waals surface area contributed by atoms with Crippen LogP contribution in [0.2, 0.25) is 0 Å². The van der Waals surface area contributed by atoms with Crippen molar-refractivity contribution in [1.29, 1.82) is 0 Å². The minimum Gasteiger partial charge on any atom is -0.397 e. The third kappa shape index (κ3) is 1.70. The van der Waals surface area contributed by atoms with Gasteiger partial charge in [-0.15, -0.1) is 0 Å². The molecule has 0 spiro atoms. The molecule has 0 amide bonds. The number of para-hydroxylation sites is 2. The van der Waals surface area contributed by atoms with Gasteiger partial charge in [-0.3, -0.25) is 4.57 Å². The molecule has 23 heavy (non-hydrogen) atoms. The second-order valence-electron chi connectivity index (χ2n) is 6.35. The molecule has 4 aromatic rings. The maximum absolute atomic E-state index is 6.52. The van der Waals surface area contributed by atoms with Gasteiger partial charge in [-0.05, 0) is 38.0 Å². The highest BCUT2D eigenvalue weighted by Crippen LogP contribution is 2.39. The smallest absolute Gasteiger partial charge is 0.127 e. The number of benzene rings is 2. The van der Waals surface area contributed by atoms with Crippen LogP contribution >= 0.6 is 0 Å². The molecule has 0 saturated heterocycles. The summed E-state index contributed by atoms with van der Waals surface area (Å²) < 4.78 is 4.56. The maximum atomic E-state index is 6.52. The highest BCUT2D eigenvalue weighted by atomic mass is 15.1. The van der Waals surface area contributed by atoms with E-state index in [1.807, 2.05) is 0 Å². The van der Waals surface area contributed by atoms with Crippen LogP contribution in [0.3, 0.4) is 0 Å². The second kappa shape index (κ2) is 4.66. The summed E-state index contributed by atoms with van der Waals surface area (Å²) >= 11 is 0. The first-order valence-corrected chi connectivity index (χ1v) is 7.93. The lowest BCUT2D eigenvalue weighted by Gasteiger charge is -2.15. The van der Waals surface area contributed by atoms with Crippen molar-refractivity contribution in [3.8, 4) is 5.69 Å². The van der Waals surface area contributed by atoms with Gasteiger partial charge in [0, 0.05) is 18.1 Å². The lowest BCUT2D eigenvalue weighted by atomic mass is 10.1. The van der Waals surface area contributed by atoms with E-state index in [1.54, 1.807) is 0 Å². The van der Waals surface area contributed by atoms with Crippen LogP contribution in [0.4, 0.5) is 5.69 Å². The fourth-order valence-electron chi connectivity index (χ4n) is 3.80. The fourth-order valence-corrected chi connectivity index (χ4v) is 3.80. The number of nitrogens with two attached hydrogens (primary N) is 1. The van der Waals surface area contributed by atoms with Gasteiger partial charge in [0.05, 0.1) is 22.3 Å². The summed E-state index contributed by atoms with van der Waals surface area (Å²) in [5, 5.41) is 2.37. The largest absolute Gasteiger partial charge is 0.397 e. The first kappa shape index (κ1) is 13.9. The van der Waals surface area contributed by atoms with Crippen molar-refractivity contribution in [2.75, 3.05) is 5.73 Å². The molecular weight excluding hydrogens is 282 g/mol. The molecule has 2 N–H and O–H groups in total. The lowest BCUT2D eigenvalue weighted by Crippen LogP contribution is -2.05. The SMILES string of the molecule is Cc1cccc(C)c1-n1c(C)c(N)c2c3ccccc3n(C)c21.